The molecule has 1 atom stereocenters. The van der Waals surface area contributed by atoms with Gasteiger partial charge < -0.3 is 5.32 Å². The lowest BCUT2D eigenvalue weighted by molar-refractivity contribution is 0.566. The molecule has 2 N–H and O–H groups in total. The second kappa shape index (κ2) is 6.55. The van der Waals surface area contributed by atoms with Crippen LogP contribution in [0.4, 0.5) is 5.69 Å². The van der Waals surface area contributed by atoms with Crippen LogP contribution < -0.4 is 10.0 Å². The molecule has 0 saturated carbocycles. The minimum absolute atomic E-state index is 0.251. The van der Waals surface area contributed by atoms with Gasteiger partial charge in [0.1, 0.15) is 5.01 Å². The summed E-state index contributed by atoms with van der Waals surface area (Å²) in [5.74, 6) is 0. The topological polar surface area (TPSA) is 71.1 Å². The SMILES string of the molecule is CCc1cnc(C(C)NS(=O)(=O)c2ccc(NC)cc2)s1. The van der Waals surface area contributed by atoms with E-state index < -0.39 is 10.0 Å². The van der Waals surface area contributed by atoms with Gasteiger partial charge in [0.25, 0.3) is 0 Å². The third-order valence-corrected chi connectivity index (χ3v) is 5.96. The summed E-state index contributed by atoms with van der Waals surface area (Å²) in [4.78, 5) is 5.67. The molecule has 2 rings (SSSR count). The second-order valence-corrected chi connectivity index (χ2v) is 7.50. The van der Waals surface area contributed by atoms with E-state index in [1.165, 1.54) is 11.3 Å². The molecule has 0 bridgehead atoms. The van der Waals surface area contributed by atoms with Crippen LogP contribution in [0, 0.1) is 0 Å². The van der Waals surface area contributed by atoms with Gasteiger partial charge in [0.15, 0.2) is 0 Å². The van der Waals surface area contributed by atoms with Crippen molar-refractivity contribution in [1.82, 2.24) is 9.71 Å². The van der Waals surface area contributed by atoms with Gasteiger partial charge in [0.05, 0.1) is 10.9 Å². The fourth-order valence-corrected chi connectivity index (χ4v) is 3.98. The molecule has 1 unspecified atom stereocenters. The van der Waals surface area contributed by atoms with Gasteiger partial charge in [-0.05, 0) is 37.6 Å². The first kappa shape index (κ1) is 15.9. The molecule has 114 valence electrons. The van der Waals surface area contributed by atoms with Crippen molar-refractivity contribution < 1.29 is 8.42 Å². The number of anilines is 1. The lowest BCUT2D eigenvalue weighted by atomic mass is 10.3. The van der Waals surface area contributed by atoms with E-state index in [9.17, 15) is 8.42 Å². The number of aryl methyl sites for hydroxylation is 1. The molecule has 0 radical (unpaired) electrons. The smallest absolute Gasteiger partial charge is 0.241 e. The Morgan fingerprint density at radius 3 is 2.48 bits per heavy atom. The van der Waals surface area contributed by atoms with Crippen LogP contribution in [0.1, 0.15) is 29.8 Å². The van der Waals surface area contributed by atoms with Gasteiger partial charge in [-0.25, -0.2) is 18.1 Å². The van der Waals surface area contributed by atoms with Crippen molar-refractivity contribution in [3.05, 3.63) is 40.3 Å². The van der Waals surface area contributed by atoms with E-state index in [0.29, 0.717) is 0 Å². The molecule has 0 amide bonds. The second-order valence-electron chi connectivity index (χ2n) is 4.64. The number of hydrogen-bond acceptors (Lipinski definition) is 5. The number of rotatable bonds is 6. The van der Waals surface area contributed by atoms with E-state index in [-0.39, 0.29) is 10.9 Å². The van der Waals surface area contributed by atoms with Crippen molar-refractivity contribution in [1.29, 1.82) is 0 Å². The maximum absolute atomic E-state index is 12.3. The van der Waals surface area contributed by atoms with Crippen molar-refractivity contribution >= 4 is 27.0 Å². The molecule has 21 heavy (non-hydrogen) atoms. The summed E-state index contributed by atoms with van der Waals surface area (Å²) in [6.45, 7) is 3.85. The third-order valence-electron chi connectivity index (χ3n) is 3.08. The number of hydrogen-bond donors (Lipinski definition) is 2. The van der Waals surface area contributed by atoms with Gasteiger partial charge in [-0.2, -0.15) is 0 Å². The summed E-state index contributed by atoms with van der Waals surface area (Å²) in [6.07, 6.45) is 2.70. The van der Waals surface area contributed by atoms with Gasteiger partial charge in [0.2, 0.25) is 10.0 Å². The molecule has 1 heterocycles. The predicted octanol–water partition coefficient (Wildman–Crippen LogP) is 2.79. The van der Waals surface area contributed by atoms with Crippen LogP contribution in [0.5, 0.6) is 0 Å². The normalized spacial score (nSPS) is 13.1. The van der Waals surface area contributed by atoms with Crippen LogP contribution in [0.2, 0.25) is 0 Å². The number of nitrogens with zero attached hydrogens (tertiary/aromatic N) is 1. The van der Waals surface area contributed by atoms with Crippen LogP contribution in [0.15, 0.2) is 35.4 Å². The molecule has 0 aliphatic heterocycles. The van der Waals surface area contributed by atoms with E-state index in [1.807, 2.05) is 0 Å². The highest BCUT2D eigenvalue weighted by molar-refractivity contribution is 7.89. The lowest BCUT2D eigenvalue weighted by Crippen LogP contribution is -2.26. The Labute approximate surface area is 129 Å². The quantitative estimate of drug-likeness (QED) is 0.857. The summed E-state index contributed by atoms with van der Waals surface area (Å²) in [5.41, 5.74) is 0.870. The minimum atomic E-state index is -3.54. The van der Waals surface area contributed by atoms with Crippen molar-refractivity contribution in [3.8, 4) is 0 Å². The van der Waals surface area contributed by atoms with Crippen LogP contribution >= 0.6 is 11.3 Å². The number of thiazole rings is 1. The Morgan fingerprint density at radius 2 is 1.95 bits per heavy atom. The fourth-order valence-electron chi connectivity index (χ4n) is 1.84. The highest BCUT2D eigenvalue weighted by Crippen LogP contribution is 2.22. The third kappa shape index (κ3) is 3.81. The fraction of sp³-hybridized carbons (Fsp3) is 0.357. The molecule has 2 aromatic rings. The van der Waals surface area contributed by atoms with Crippen molar-refractivity contribution in [2.45, 2.75) is 31.2 Å². The number of aromatic nitrogens is 1. The first-order valence-corrected chi connectivity index (χ1v) is 9.01. The first-order chi connectivity index (χ1) is 9.96. The Balaban J connectivity index is 2.15. The summed E-state index contributed by atoms with van der Waals surface area (Å²) < 4.78 is 27.3. The lowest BCUT2D eigenvalue weighted by Gasteiger charge is -2.12. The van der Waals surface area contributed by atoms with E-state index in [2.05, 4.69) is 21.9 Å². The highest BCUT2D eigenvalue weighted by Gasteiger charge is 2.20. The molecular formula is C14H19N3O2S2. The summed E-state index contributed by atoms with van der Waals surface area (Å²) in [7, 11) is -1.75. The molecule has 1 aromatic carbocycles. The summed E-state index contributed by atoms with van der Waals surface area (Å²) in [5, 5.41) is 3.74. The molecule has 5 nitrogen and oxygen atoms in total. The van der Waals surface area contributed by atoms with Crippen LogP contribution in [0.25, 0.3) is 0 Å². The zero-order valence-corrected chi connectivity index (χ0v) is 13.9. The van der Waals surface area contributed by atoms with Gasteiger partial charge in [-0.15, -0.1) is 11.3 Å². The molecule has 7 heteroatoms. The van der Waals surface area contributed by atoms with Gasteiger partial charge in [0, 0.05) is 23.8 Å². The van der Waals surface area contributed by atoms with Crippen LogP contribution in [0.3, 0.4) is 0 Å². The Morgan fingerprint density at radius 1 is 1.29 bits per heavy atom. The average molecular weight is 325 g/mol. The molecule has 0 saturated heterocycles. The number of sulfonamides is 1. The zero-order chi connectivity index (χ0) is 15.5. The van der Waals surface area contributed by atoms with E-state index >= 15 is 0 Å². The van der Waals surface area contributed by atoms with E-state index in [1.54, 1.807) is 44.4 Å². The van der Waals surface area contributed by atoms with Crippen LogP contribution in [-0.2, 0) is 16.4 Å². The van der Waals surface area contributed by atoms with E-state index in [4.69, 9.17) is 0 Å². The molecule has 0 aliphatic rings. The van der Waals surface area contributed by atoms with Gasteiger partial charge in [-0.1, -0.05) is 6.92 Å². The monoisotopic (exact) mass is 325 g/mol. The summed E-state index contributed by atoms with van der Waals surface area (Å²) >= 11 is 1.53. The largest absolute Gasteiger partial charge is 0.388 e. The van der Waals surface area contributed by atoms with Crippen molar-refractivity contribution in [2.75, 3.05) is 12.4 Å². The number of benzene rings is 1. The molecular weight excluding hydrogens is 306 g/mol. The molecule has 1 aromatic heterocycles. The van der Waals surface area contributed by atoms with Gasteiger partial charge >= 0.3 is 0 Å². The molecule has 0 fully saturated rings. The van der Waals surface area contributed by atoms with Gasteiger partial charge in [-0.3, -0.25) is 0 Å². The van der Waals surface area contributed by atoms with Crippen molar-refractivity contribution in [2.24, 2.45) is 0 Å². The standard InChI is InChI=1S/C14H19N3O2S2/c1-4-12-9-16-14(20-12)10(2)17-21(18,19)13-7-5-11(15-3)6-8-13/h5-10,15,17H,4H2,1-3H3. The van der Waals surface area contributed by atoms with Crippen LogP contribution in [-0.4, -0.2) is 20.4 Å². The summed E-state index contributed by atoms with van der Waals surface area (Å²) in [6, 6.07) is 6.29. The number of nitrogens with one attached hydrogen (secondary N) is 2. The maximum Gasteiger partial charge on any atom is 0.241 e. The molecule has 0 aliphatic carbocycles. The zero-order valence-electron chi connectivity index (χ0n) is 12.3. The maximum atomic E-state index is 12.3. The van der Waals surface area contributed by atoms with Crippen molar-refractivity contribution in [3.63, 3.8) is 0 Å². The predicted molar refractivity (Wildman–Crippen MR) is 86.2 cm³/mol. The Bertz CT molecular complexity index is 693. The minimum Gasteiger partial charge on any atom is -0.388 e. The first-order valence-electron chi connectivity index (χ1n) is 6.71. The average Bonchev–Trinajstić information content (AvgIpc) is 2.96. The Hall–Kier alpha value is -1.44. The highest BCUT2D eigenvalue weighted by atomic mass is 32.2. The van der Waals surface area contributed by atoms with E-state index in [0.717, 1.165) is 22.0 Å². The Kier molecular flexibility index (Phi) is 4.97. The molecule has 0 spiro atoms.